The van der Waals surface area contributed by atoms with Gasteiger partial charge >= 0.3 is 0 Å². The number of hydrogen-bond donors (Lipinski definition) is 1. The number of likely N-dealkylation sites (N-methyl/N-ethyl adjacent to an activating group) is 1. The number of hydrogen-bond acceptors (Lipinski definition) is 4. The van der Waals surface area contributed by atoms with Gasteiger partial charge in [0.05, 0.1) is 7.11 Å². The van der Waals surface area contributed by atoms with Gasteiger partial charge in [-0.25, -0.2) is 12.8 Å². The van der Waals surface area contributed by atoms with Crippen LogP contribution in [-0.4, -0.2) is 39.4 Å². The fourth-order valence-corrected chi connectivity index (χ4v) is 4.84. The first-order valence-corrected chi connectivity index (χ1v) is 11.9. The van der Waals surface area contributed by atoms with Crippen molar-refractivity contribution in [3.8, 4) is 5.75 Å². The summed E-state index contributed by atoms with van der Waals surface area (Å²) in [5.41, 5.74) is 2.57. The zero-order chi connectivity index (χ0) is 24.0. The maximum absolute atomic E-state index is 14.2. The van der Waals surface area contributed by atoms with Crippen molar-refractivity contribution >= 4 is 15.9 Å². The van der Waals surface area contributed by atoms with E-state index in [4.69, 9.17) is 4.74 Å². The van der Waals surface area contributed by atoms with Crippen LogP contribution in [0.1, 0.15) is 16.7 Å². The normalized spacial score (nSPS) is 12.2. The van der Waals surface area contributed by atoms with Crippen LogP contribution in [0.15, 0.2) is 77.7 Å². The first kappa shape index (κ1) is 24.4. The molecule has 1 unspecified atom stereocenters. The van der Waals surface area contributed by atoms with Gasteiger partial charge in [-0.2, -0.15) is 4.72 Å². The van der Waals surface area contributed by atoms with Crippen LogP contribution in [0.5, 0.6) is 5.75 Å². The number of halogens is 1. The molecule has 1 atom stereocenters. The summed E-state index contributed by atoms with van der Waals surface area (Å²) < 4.78 is 47.9. The molecule has 3 aromatic rings. The number of methoxy groups -OCH3 is 1. The Morgan fingerprint density at radius 3 is 2.39 bits per heavy atom. The van der Waals surface area contributed by atoms with Gasteiger partial charge in [-0.05, 0) is 37.1 Å². The average Bonchev–Trinajstić information content (AvgIpc) is 2.79. The lowest BCUT2D eigenvalue weighted by Gasteiger charge is -2.25. The number of ether oxygens (including phenoxy) is 1. The Labute approximate surface area is 194 Å². The molecule has 0 spiro atoms. The number of nitrogens with one attached hydrogen (secondary N) is 1. The van der Waals surface area contributed by atoms with E-state index in [1.165, 1.54) is 23.1 Å². The molecule has 0 aliphatic heterocycles. The number of amides is 1. The second kappa shape index (κ2) is 10.6. The second-order valence-corrected chi connectivity index (χ2v) is 9.49. The quantitative estimate of drug-likeness (QED) is 0.518. The van der Waals surface area contributed by atoms with E-state index in [9.17, 15) is 17.6 Å². The predicted molar refractivity (Wildman–Crippen MR) is 125 cm³/mol. The maximum Gasteiger partial charge on any atom is 0.244 e. The monoisotopic (exact) mass is 470 g/mol. The summed E-state index contributed by atoms with van der Waals surface area (Å²) >= 11 is 0. The van der Waals surface area contributed by atoms with E-state index in [1.807, 2.05) is 43.3 Å². The number of sulfonamides is 1. The van der Waals surface area contributed by atoms with E-state index < -0.39 is 32.7 Å². The SMILES string of the molecule is COc1ccc(C)cc1CN(C)C(=O)C(Cc1ccccc1)NS(=O)(=O)c1ccccc1F. The van der Waals surface area contributed by atoms with Crippen molar-refractivity contribution in [3.05, 3.63) is 95.3 Å². The molecule has 0 aliphatic carbocycles. The standard InChI is InChI=1S/C25H27FN2O4S/c1-18-13-14-23(32-3)20(15-18)17-28(2)25(29)22(16-19-9-5-4-6-10-19)27-33(30,31)24-12-8-7-11-21(24)26/h4-15,22,27H,16-17H2,1-3H3. The van der Waals surface area contributed by atoms with Crippen molar-refractivity contribution in [2.75, 3.05) is 14.2 Å². The second-order valence-electron chi connectivity index (χ2n) is 7.80. The molecule has 8 heteroatoms. The minimum atomic E-state index is -4.28. The first-order valence-electron chi connectivity index (χ1n) is 10.4. The van der Waals surface area contributed by atoms with E-state index in [0.29, 0.717) is 5.75 Å². The summed E-state index contributed by atoms with van der Waals surface area (Å²) in [7, 11) is -1.13. The molecule has 1 amide bonds. The zero-order valence-electron chi connectivity index (χ0n) is 18.8. The van der Waals surface area contributed by atoms with E-state index in [1.54, 1.807) is 26.3 Å². The highest BCUT2D eigenvalue weighted by molar-refractivity contribution is 7.89. The smallest absolute Gasteiger partial charge is 0.244 e. The van der Waals surface area contributed by atoms with Gasteiger partial charge in [-0.15, -0.1) is 0 Å². The summed E-state index contributed by atoms with van der Waals surface area (Å²) in [6, 6.07) is 18.7. The average molecular weight is 471 g/mol. The number of benzene rings is 3. The third-order valence-electron chi connectivity index (χ3n) is 5.22. The van der Waals surface area contributed by atoms with Gasteiger partial charge in [0.1, 0.15) is 22.5 Å². The number of carbonyl (C=O) groups is 1. The van der Waals surface area contributed by atoms with E-state index >= 15 is 0 Å². The van der Waals surface area contributed by atoms with Crippen LogP contribution in [-0.2, 0) is 27.8 Å². The van der Waals surface area contributed by atoms with E-state index in [0.717, 1.165) is 22.8 Å². The third-order valence-corrected chi connectivity index (χ3v) is 6.73. The Balaban J connectivity index is 1.89. The van der Waals surface area contributed by atoms with E-state index in [-0.39, 0.29) is 13.0 Å². The van der Waals surface area contributed by atoms with Crippen LogP contribution in [0.2, 0.25) is 0 Å². The Hall–Kier alpha value is -3.23. The topological polar surface area (TPSA) is 75.7 Å². The van der Waals surface area contributed by atoms with Crippen molar-refractivity contribution in [3.63, 3.8) is 0 Å². The highest BCUT2D eigenvalue weighted by Crippen LogP contribution is 2.22. The Kier molecular flexibility index (Phi) is 7.84. The number of carbonyl (C=O) groups excluding carboxylic acids is 1. The molecular formula is C25H27FN2O4S. The number of rotatable bonds is 9. The summed E-state index contributed by atoms with van der Waals surface area (Å²) in [4.78, 5) is 14.3. The fourth-order valence-electron chi connectivity index (χ4n) is 3.57. The Morgan fingerprint density at radius 1 is 1.06 bits per heavy atom. The lowest BCUT2D eigenvalue weighted by molar-refractivity contribution is -0.132. The maximum atomic E-state index is 14.2. The Bertz CT molecular complexity index is 1220. The third kappa shape index (κ3) is 6.18. The molecule has 0 radical (unpaired) electrons. The number of aryl methyl sites for hydroxylation is 1. The summed E-state index contributed by atoms with van der Waals surface area (Å²) in [6.07, 6.45) is 0.114. The van der Waals surface area contributed by atoms with Crippen LogP contribution >= 0.6 is 0 Å². The Morgan fingerprint density at radius 2 is 1.73 bits per heavy atom. The van der Waals surface area contributed by atoms with Crippen molar-refractivity contribution in [1.82, 2.24) is 9.62 Å². The van der Waals surface area contributed by atoms with Crippen molar-refractivity contribution < 1.29 is 22.3 Å². The first-order chi connectivity index (χ1) is 15.7. The molecule has 1 N–H and O–H groups in total. The summed E-state index contributed by atoms with van der Waals surface area (Å²) in [5.74, 6) is -0.692. The van der Waals surface area contributed by atoms with Gasteiger partial charge in [-0.3, -0.25) is 4.79 Å². The largest absolute Gasteiger partial charge is 0.496 e. The van der Waals surface area contributed by atoms with Gasteiger partial charge in [-0.1, -0.05) is 60.2 Å². The molecule has 0 saturated carbocycles. The van der Waals surface area contributed by atoms with Gasteiger partial charge in [0.25, 0.3) is 0 Å². The van der Waals surface area contributed by atoms with Crippen LogP contribution in [0.4, 0.5) is 4.39 Å². The van der Waals surface area contributed by atoms with Crippen molar-refractivity contribution in [2.24, 2.45) is 0 Å². The van der Waals surface area contributed by atoms with E-state index in [2.05, 4.69) is 4.72 Å². The van der Waals surface area contributed by atoms with Gasteiger partial charge in [0.2, 0.25) is 15.9 Å². The highest BCUT2D eigenvalue weighted by Gasteiger charge is 2.30. The van der Waals surface area contributed by atoms with Gasteiger partial charge in [0.15, 0.2) is 0 Å². The molecule has 174 valence electrons. The molecule has 0 fully saturated rings. The number of nitrogens with zero attached hydrogens (tertiary/aromatic N) is 1. The fraction of sp³-hybridized carbons (Fsp3) is 0.240. The summed E-state index contributed by atoms with van der Waals surface area (Å²) in [5, 5.41) is 0. The van der Waals surface area contributed by atoms with Gasteiger partial charge in [0, 0.05) is 19.2 Å². The molecule has 6 nitrogen and oxygen atoms in total. The van der Waals surface area contributed by atoms with Crippen LogP contribution in [0, 0.1) is 12.7 Å². The lowest BCUT2D eigenvalue weighted by atomic mass is 10.1. The minimum absolute atomic E-state index is 0.114. The van der Waals surface area contributed by atoms with Crippen LogP contribution < -0.4 is 9.46 Å². The molecule has 0 heterocycles. The summed E-state index contributed by atoms with van der Waals surface area (Å²) in [6.45, 7) is 2.15. The van der Waals surface area contributed by atoms with Gasteiger partial charge < -0.3 is 9.64 Å². The molecule has 0 saturated heterocycles. The minimum Gasteiger partial charge on any atom is -0.496 e. The van der Waals surface area contributed by atoms with Crippen LogP contribution in [0.3, 0.4) is 0 Å². The molecular weight excluding hydrogens is 443 g/mol. The molecule has 3 rings (SSSR count). The molecule has 3 aromatic carbocycles. The van der Waals surface area contributed by atoms with Crippen LogP contribution in [0.25, 0.3) is 0 Å². The van der Waals surface area contributed by atoms with Crippen molar-refractivity contribution in [1.29, 1.82) is 0 Å². The molecule has 0 bridgehead atoms. The van der Waals surface area contributed by atoms with Crippen molar-refractivity contribution in [2.45, 2.75) is 30.8 Å². The molecule has 0 aromatic heterocycles. The lowest BCUT2D eigenvalue weighted by Crippen LogP contribution is -2.48. The molecule has 33 heavy (non-hydrogen) atoms. The molecule has 0 aliphatic rings. The zero-order valence-corrected chi connectivity index (χ0v) is 19.6. The predicted octanol–water partition coefficient (Wildman–Crippen LogP) is 3.69. The highest BCUT2D eigenvalue weighted by atomic mass is 32.2.